The summed E-state index contributed by atoms with van der Waals surface area (Å²) >= 11 is 12.5. The first-order valence-electron chi connectivity index (χ1n) is 6.85. The molecule has 0 amide bonds. The van der Waals surface area contributed by atoms with Crippen molar-refractivity contribution in [2.24, 2.45) is 0 Å². The number of ether oxygens (including phenoxy) is 1. The van der Waals surface area contributed by atoms with Crippen LogP contribution in [0.3, 0.4) is 0 Å². The predicted octanol–water partition coefficient (Wildman–Crippen LogP) is 6.57. The minimum atomic E-state index is 0.596. The Hall–Kier alpha value is -2.16. The Morgan fingerprint density at radius 2 is 1.27 bits per heavy atom. The summed E-state index contributed by atoms with van der Waals surface area (Å²) < 4.78 is 5.98. The second kappa shape index (κ2) is 5.24. The summed E-state index contributed by atoms with van der Waals surface area (Å²) in [6.07, 6.45) is 0. The summed E-state index contributed by atoms with van der Waals surface area (Å²) in [7, 11) is 0. The van der Waals surface area contributed by atoms with Gasteiger partial charge in [-0.3, -0.25) is 0 Å². The van der Waals surface area contributed by atoms with E-state index >= 15 is 0 Å². The van der Waals surface area contributed by atoms with Crippen molar-refractivity contribution in [1.82, 2.24) is 0 Å². The lowest BCUT2D eigenvalue weighted by Gasteiger charge is -2.33. The Morgan fingerprint density at radius 1 is 0.682 bits per heavy atom. The maximum atomic E-state index is 6.43. The molecule has 1 aliphatic rings. The molecule has 3 aromatic rings. The van der Waals surface area contributed by atoms with Crippen molar-refractivity contribution in [3.63, 3.8) is 0 Å². The van der Waals surface area contributed by atoms with E-state index in [9.17, 15) is 0 Å². The van der Waals surface area contributed by atoms with Gasteiger partial charge in [0.15, 0.2) is 11.5 Å². The molecule has 0 saturated carbocycles. The number of fused-ring (bicyclic) bond motifs is 2. The molecule has 0 fully saturated rings. The molecule has 0 N–H and O–H groups in total. The van der Waals surface area contributed by atoms with Gasteiger partial charge in [-0.25, -0.2) is 0 Å². The zero-order valence-corrected chi connectivity index (χ0v) is 13.0. The lowest BCUT2D eigenvalue weighted by molar-refractivity contribution is 0.477. The van der Waals surface area contributed by atoms with Gasteiger partial charge in [-0.2, -0.15) is 0 Å². The Labute approximate surface area is 138 Å². The lowest BCUT2D eigenvalue weighted by atomic mass is 10.1. The van der Waals surface area contributed by atoms with Crippen molar-refractivity contribution in [3.05, 3.63) is 76.8 Å². The summed E-state index contributed by atoms with van der Waals surface area (Å²) in [5.74, 6) is 1.60. The first-order chi connectivity index (χ1) is 10.7. The number of hydrogen-bond acceptors (Lipinski definition) is 2. The van der Waals surface area contributed by atoms with Gasteiger partial charge in [0.25, 0.3) is 0 Å². The first kappa shape index (κ1) is 13.5. The Bertz CT molecular complexity index is 818. The number of anilines is 3. The average Bonchev–Trinajstić information content (AvgIpc) is 2.53. The molecule has 0 aliphatic carbocycles. The number of hydrogen-bond donors (Lipinski definition) is 0. The molecule has 0 unspecified atom stereocenters. The summed E-state index contributed by atoms with van der Waals surface area (Å²) in [5, 5.41) is 1.21. The Balaban J connectivity index is 1.98. The third kappa shape index (κ3) is 2.12. The van der Waals surface area contributed by atoms with Crippen molar-refractivity contribution >= 4 is 40.3 Å². The van der Waals surface area contributed by atoms with Crippen molar-refractivity contribution in [3.8, 4) is 11.5 Å². The fraction of sp³-hybridized carbons (Fsp3) is 0. The van der Waals surface area contributed by atoms with E-state index in [1.807, 2.05) is 60.7 Å². The second-order valence-corrected chi connectivity index (χ2v) is 5.81. The Morgan fingerprint density at radius 3 is 1.86 bits per heavy atom. The van der Waals surface area contributed by atoms with Crippen LogP contribution in [0.15, 0.2) is 66.7 Å². The van der Waals surface area contributed by atoms with Crippen molar-refractivity contribution in [1.29, 1.82) is 0 Å². The molecule has 0 atom stereocenters. The van der Waals surface area contributed by atoms with E-state index in [-0.39, 0.29) is 0 Å². The standard InChI is InChI=1S/C18H11Cl2NO/c19-12-9-10-14(13(20)11-12)21-15-5-1-3-7-17(15)22-18-8-4-2-6-16(18)21/h1-11H. The van der Waals surface area contributed by atoms with Crippen LogP contribution >= 0.6 is 23.2 Å². The summed E-state index contributed by atoms with van der Waals surface area (Å²) in [6.45, 7) is 0. The third-order valence-corrected chi connectivity index (χ3v) is 4.12. The zero-order chi connectivity index (χ0) is 15.1. The van der Waals surface area contributed by atoms with E-state index in [1.165, 1.54) is 0 Å². The van der Waals surface area contributed by atoms with Crippen LogP contribution in [0.1, 0.15) is 0 Å². The molecule has 0 spiro atoms. The molecule has 108 valence electrons. The van der Waals surface area contributed by atoms with Crippen molar-refractivity contribution in [2.45, 2.75) is 0 Å². The average molecular weight is 328 g/mol. The van der Waals surface area contributed by atoms with Crippen LogP contribution in [0, 0.1) is 0 Å². The van der Waals surface area contributed by atoms with Crippen molar-refractivity contribution < 1.29 is 4.74 Å². The molecular weight excluding hydrogens is 317 g/mol. The molecule has 0 aromatic heterocycles. The number of nitrogens with zero attached hydrogens (tertiary/aromatic N) is 1. The van der Waals surface area contributed by atoms with Gasteiger partial charge in [0.05, 0.1) is 22.1 Å². The minimum Gasteiger partial charge on any atom is -0.453 e. The molecular formula is C18H11Cl2NO. The second-order valence-electron chi connectivity index (χ2n) is 4.97. The van der Waals surface area contributed by atoms with Crippen LogP contribution in [0.5, 0.6) is 11.5 Å². The summed E-state index contributed by atoms with van der Waals surface area (Å²) in [6, 6.07) is 21.3. The van der Waals surface area contributed by atoms with E-state index in [1.54, 1.807) is 6.07 Å². The summed E-state index contributed by atoms with van der Waals surface area (Å²) in [5.41, 5.74) is 2.77. The molecule has 0 saturated heterocycles. The van der Waals surface area contributed by atoms with Gasteiger partial charge in [-0.05, 0) is 42.5 Å². The van der Waals surface area contributed by atoms with Crippen LogP contribution in [0.25, 0.3) is 0 Å². The fourth-order valence-electron chi connectivity index (χ4n) is 2.63. The van der Waals surface area contributed by atoms with Crippen molar-refractivity contribution in [2.75, 3.05) is 4.90 Å². The molecule has 0 bridgehead atoms. The largest absolute Gasteiger partial charge is 0.453 e. The SMILES string of the molecule is Clc1ccc(N2c3ccccc3Oc3ccccc32)c(Cl)c1. The van der Waals surface area contributed by atoms with Crippen LogP contribution < -0.4 is 9.64 Å². The van der Waals surface area contributed by atoms with E-state index in [4.69, 9.17) is 27.9 Å². The molecule has 1 aliphatic heterocycles. The van der Waals surface area contributed by atoms with Gasteiger partial charge in [-0.1, -0.05) is 47.5 Å². The van der Waals surface area contributed by atoms with Gasteiger partial charge >= 0.3 is 0 Å². The fourth-order valence-corrected chi connectivity index (χ4v) is 3.12. The minimum absolute atomic E-state index is 0.596. The number of rotatable bonds is 1. The van der Waals surface area contributed by atoms with Gasteiger partial charge in [0.2, 0.25) is 0 Å². The van der Waals surface area contributed by atoms with Gasteiger partial charge in [-0.15, -0.1) is 0 Å². The van der Waals surface area contributed by atoms with E-state index in [2.05, 4.69) is 4.90 Å². The Kier molecular flexibility index (Phi) is 3.21. The molecule has 22 heavy (non-hydrogen) atoms. The predicted molar refractivity (Wildman–Crippen MR) is 91.2 cm³/mol. The van der Waals surface area contributed by atoms with E-state index in [0.717, 1.165) is 28.6 Å². The number of benzene rings is 3. The van der Waals surface area contributed by atoms with Crippen LogP contribution in [0.4, 0.5) is 17.1 Å². The maximum Gasteiger partial charge on any atom is 0.151 e. The smallest absolute Gasteiger partial charge is 0.151 e. The van der Waals surface area contributed by atoms with E-state index in [0.29, 0.717) is 10.0 Å². The highest BCUT2D eigenvalue weighted by molar-refractivity contribution is 6.36. The van der Waals surface area contributed by atoms with Gasteiger partial charge in [0.1, 0.15) is 0 Å². The molecule has 3 aromatic carbocycles. The monoisotopic (exact) mass is 327 g/mol. The van der Waals surface area contributed by atoms with Crippen LogP contribution in [0.2, 0.25) is 10.0 Å². The zero-order valence-electron chi connectivity index (χ0n) is 11.5. The van der Waals surface area contributed by atoms with Gasteiger partial charge < -0.3 is 9.64 Å². The number of para-hydroxylation sites is 4. The topological polar surface area (TPSA) is 12.5 Å². The third-order valence-electron chi connectivity index (χ3n) is 3.58. The molecule has 1 heterocycles. The van der Waals surface area contributed by atoms with Gasteiger partial charge in [0, 0.05) is 5.02 Å². The highest BCUT2D eigenvalue weighted by atomic mass is 35.5. The van der Waals surface area contributed by atoms with Crippen LogP contribution in [-0.2, 0) is 0 Å². The first-order valence-corrected chi connectivity index (χ1v) is 7.61. The normalized spacial score (nSPS) is 12.4. The van der Waals surface area contributed by atoms with E-state index < -0.39 is 0 Å². The highest BCUT2D eigenvalue weighted by Gasteiger charge is 2.26. The highest BCUT2D eigenvalue weighted by Crippen LogP contribution is 2.51. The summed E-state index contributed by atoms with van der Waals surface area (Å²) in [4.78, 5) is 2.09. The molecule has 4 rings (SSSR count). The molecule has 0 radical (unpaired) electrons. The van der Waals surface area contributed by atoms with Crippen LogP contribution in [-0.4, -0.2) is 0 Å². The lowest BCUT2D eigenvalue weighted by Crippen LogP contribution is -2.15. The molecule has 4 heteroatoms. The maximum absolute atomic E-state index is 6.43. The quantitative estimate of drug-likeness (QED) is 0.392. The molecule has 2 nitrogen and oxygen atoms in total. The number of halogens is 2.